The summed E-state index contributed by atoms with van der Waals surface area (Å²) in [6.45, 7) is 2.01. The van der Waals surface area contributed by atoms with E-state index in [1.807, 2.05) is 13.0 Å². The molecule has 7 heteroatoms. The maximum atomic E-state index is 13.8. The van der Waals surface area contributed by atoms with Crippen LogP contribution in [-0.4, -0.2) is 20.1 Å². The Morgan fingerprint density at radius 1 is 1.23 bits per heavy atom. The summed E-state index contributed by atoms with van der Waals surface area (Å²) in [5.74, 6) is -0.249. The summed E-state index contributed by atoms with van der Waals surface area (Å²) >= 11 is 0. The van der Waals surface area contributed by atoms with Crippen LogP contribution in [0.4, 0.5) is 8.78 Å². The lowest BCUT2D eigenvalue weighted by Crippen LogP contribution is -2.38. The summed E-state index contributed by atoms with van der Waals surface area (Å²) in [7, 11) is 2.99. The number of aliphatic imine (C=N–C) groups is 1. The highest BCUT2D eigenvalue weighted by molar-refractivity contribution is 5.80. The first-order chi connectivity index (χ1) is 12.5. The van der Waals surface area contributed by atoms with Gasteiger partial charge in [-0.25, -0.2) is 8.78 Å². The van der Waals surface area contributed by atoms with Crippen molar-refractivity contribution in [3.05, 3.63) is 64.7 Å². The molecule has 1 atom stereocenters. The number of nitrogens with one attached hydrogen (secondary N) is 2. The molecule has 26 heavy (non-hydrogen) atoms. The van der Waals surface area contributed by atoms with Crippen molar-refractivity contribution in [2.24, 2.45) is 4.99 Å². The Hall–Kier alpha value is -3.14. The molecule has 0 radical (unpaired) electrons. The minimum Gasteiger partial charge on any atom is -0.494 e. The van der Waals surface area contributed by atoms with Gasteiger partial charge in [-0.2, -0.15) is 5.26 Å². The van der Waals surface area contributed by atoms with Crippen LogP contribution in [0.3, 0.4) is 0 Å². The zero-order valence-electron chi connectivity index (χ0n) is 14.8. The summed E-state index contributed by atoms with van der Waals surface area (Å²) in [4.78, 5) is 4.09. The van der Waals surface area contributed by atoms with Gasteiger partial charge in [-0.3, -0.25) is 4.99 Å². The van der Waals surface area contributed by atoms with Gasteiger partial charge < -0.3 is 15.4 Å². The standard InChI is InChI=1S/C19H20F2N4O/c1-12(14-5-7-18(26-3)17(21)9-14)25-19(23-2)24-11-15-8-13(10-22)4-6-16(15)20/h4-9,12H,11H2,1-3H3,(H2,23,24,25). The van der Waals surface area contributed by atoms with Gasteiger partial charge in [0.1, 0.15) is 5.82 Å². The van der Waals surface area contributed by atoms with E-state index in [0.717, 1.165) is 0 Å². The molecule has 0 aliphatic rings. The average molecular weight is 358 g/mol. The van der Waals surface area contributed by atoms with E-state index in [4.69, 9.17) is 10.00 Å². The van der Waals surface area contributed by atoms with E-state index in [0.29, 0.717) is 22.6 Å². The van der Waals surface area contributed by atoms with Gasteiger partial charge in [-0.1, -0.05) is 6.07 Å². The van der Waals surface area contributed by atoms with E-state index in [2.05, 4.69) is 15.6 Å². The first-order valence-electron chi connectivity index (χ1n) is 7.97. The van der Waals surface area contributed by atoms with Gasteiger partial charge in [-0.15, -0.1) is 0 Å². The van der Waals surface area contributed by atoms with Gasteiger partial charge in [0.25, 0.3) is 0 Å². The van der Waals surface area contributed by atoms with Crippen molar-refractivity contribution in [2.75, 3.05) is 14.2 Å². The van der Waals surface area contributed by atoms with Gasteiger partial charge >= 0.3 is 0 Å². The smallest absolute Gasteiger partial charge is 0.191 e. The van der Waals surface area contributed by atoms with Gasteiger partial charge in [-0.05, 0) is 42.8 Å². The molecule has 0 heterocycles. The topological polar surface area (TPSA) is 69.4 Å². The van der Waals surface area contributed by atoms with E-state index >= 15 is 0 Å². The van der Waals surface area contributed by atoms with Crippen LogP contribution >= 0.6 is 0 Å². The van der Waals surface area contributed by atoms with Crippen LogP contribution in [-0.2, 0) is 6.54 Å². The highest BCUT2D eigenvalue weighted by Gasteiger charge is 2.12. The Labute approximate surface area is 151 Å². The second-order valence-corrected chi connectivity index (χ2v) is 5.60. The molecule has 0 spiro atoms. The number of methoxy groups -OCH3 is 1. The fourth-order valence-electron chi connectivity index (χ4n) is 2.39. The second kappa shape index (κ2) is 8.81. The molecular weight excluding hydrogens is 338 g/mol. The molecule has 0 saturated carbocycles. The van der Waals surface area contributed by atoms with Gasteiger partial charge in [0.05, 0.1) is 24.8 Å². The first-order valence-corrected chi connectivity index (χ1v) is 7.97. The summed E-state index contributed by atoms with van der Waals surface area (Å²) in [6, 6.07) is 10.6. The van der Waals surface area contributed by atoms with Crippen LogP contribution in [0.5, 0.6) is 5.75 Å². The number of ether oxygens (including phenoxy) is 1. The highest BCUT2D eigenvalue weighted by Crippen LogP contribution is 2.21. The molecule has 136 valence electrons. The van der Waals surface area contributed by atoms with Crippen LogP contribution in [0.15, 0.2) is 41.4 Å². The maximum absolute atomic E-state index is 13.8. The molecule has 0 aromatic heterocycles. The molecule has 2 aromatic rings. The predicted molar refractivity (Wildman–Crippen MR) is 95.8 cm³/mol. The number of hydrogen-bond donors (Lipinski definition) is 2. The quantitative estimate of drug-likeness (QED) is 0.636. The summed E-state index contributed by atoms with van der Waals surface area (Å²) in [6.07, 6.45) is 0. The Balaban J connectivity index is 2.03. The minimum atomic E-state index is -0.447. The van der Waals surface area contributed by atoms with Crippen molar-refractivity contribution < 1.29 is 13.5 Å². The second-order valence-electron chi connectivity index (χ2n) is 5.60. The molecule has 2 N–H and O–H groups in total. The average Bonchev–Trinajstić information content (AvgIpc) is 2.65. The van der Waals surface area contributed by atoms with Crippen LogP contribution in [0.2, 0.25) is 0 Å². The van der Waals surface area contributed by atoms with Gasteiger partial charge in [0.15, 0.2) is 17.5 Å². The van der Waals surface area contributed by atoms with E-state index in [9.17, 15) is 8.78 Å². The highest BCUT2D eigenvalue weighted by atomic mass is 19.1. The zero-order valence-corrected chi connectivity index (χ0v) is 14.8. The van der Waals surface area contributed by atoms with Crippen molar-refractivity contribution in [1.29, 1.82) is 5.26 Å². The normalized spacial score (nSPS) is 12.2. The van der Waals surface area contributed by atoms with E-state index in [-0.39, 0.29) is 18.3 Å². The number of guanidine groups is 1. The van der Waals surface area contributed by atoms with Gasteiger partial charge in [0, 0.05) is 19.2 Å². The predicted octanol–water partition coefficient (Wildman–Crippen LogP) is 3.27. The van der Waals surface area contributed by atoms with E-state index in [1.165, 1.54) is 31.4 Å². The number of hydrogen-bond acceptors (Lipinski definition) is 3. The third kappa shape index (κ3) is 4.70. The lowest BCUT2D eigenvalue weighted by Gasteiger charge is -2.19. The van der Waals surface area contributed by atoms with Crippen LogP contribution in [0.1, 0.15) is 29.7 Å². The SMILES string of the molecule is CN=C(NCc1cc(C#N)ccc1F)NC(C)c1ccc(OC)c(F)c1. The number of benzene rings is 2. The van der Waals surface area contributed by atoms with Crippen LogP contribution in [0, 0.1) is 23.0 Å². The van der Waals surface area contributed by atoms with E-state index in [1.54, 1.807) is 19.2 Å². The monoisotopic (exact) mass is 358 g/mol. The third-order valence-corrected chi connectivity index (χ3v) is 3.87. The Morgan fingerprint density at radius 2 is 2.00 bits per heavy atom. The van der Waals surface area contributed by atoms with Crippen molar-refractivity contribution in [2.45, 2.75) is 19.5 Å². The summed E-state index contributed by atoms with van der Waals surface area (Å²) < 4.78 is 32.6. The molecule has 0 amide bonds. The first kappa shape index (κ1) is 19.2. The summed E-state index contributed by atoms with van der Waals surface area (Å²) in [5, 5.41) is 15.0. The van der Waals surface area contributed by atoms with Crippen molar-refractivity contribution in [3.8, 4) is 11.8 Å². The van der Waals surface area contributed by atoms with Crippen LogP contribution in [0.25, 0.3) is 0 Å². The van der Waals surface area contributed by atoms with Crippen LogP contribution < -0.4 is 15.4 Å². The largest absolute Gasteiger partial charge is 0.494 e. The molecule has 0 fully saturated rings. The molecule has 0 aliphatic heterocycles. The Morgan fingerprint density at radius 3 is 2.62 bits per heavy atom. The van der Waals surface area contributed by atoms with Gasteiger partial charge in [0.2, 0.25) is 0 Å². The molecule has 2 rings (SSSR count). The minimum absolute atomic E-state index is 0.157. The summed E-state index contributed by atoms with van der Waals surface area (Å²) in [5.41, 5.74) is 1.45. The molecule has 0 saturated heterocycles. The molecule has 0 aliphatic carbocycles. The molecular formula is C19H20F2N4O. The lowest BCUT2D eigenvalue weighted by molar-refractivity contribution is 0.386. The van der Waals surface area contributed by atoms with E-state index < -0.39 is 11.6 Å². The van der Waals surface area contributed by atoms with Crippen molar-refractivity contribution >= 4 is 5.96 Å². The van der Waals surface area contributed by atoms with Crippen molar-refractivity contribution in [3.63, 3.8) is 0 Å². The molecule has 1 unspecified atom stereocenters. The fourth-order valence-corrected chi connectivity index (χ4v) is 2.39. The van der Waals surface area contributed by atoms with Crippen molar-refractivity contribution in [1.82, 2.24) is 10.6 Å². The maximum Gasteiger partial charge on any atom is 0.191 e. The number of nitriles is 1. The number of nitrogens with zero attached hydrogens (tertiary/aromatic N) is 2. The lowest BCUT2D eigenvalue weighted by atomic mass is 10.1. The molecule has 5 nitrogen and oxygen atoms in total. The molecule has 2 aromatic carbocycles. The number of rotatable bonds is 5. The zero-order chi connectivity index (χ0) is 19.1. The molecule has 0 bridgehead atoms. The third-order valence-electron chi connectivity index (χ3n) is 3.87. The fraction of sp³-hybridized carbons (Fsp3) is 0.263. The number of halogens is 2. The Kier molecular flexibility index (Phi) is 6.50. The Bertz CT molecular complexity index is 846.